The SMILES string of the molecule is CCC(N)Cc1cccnc1Sc1ncco1. The minimum absolute atomic E-state index is 0.170. The highest BCUT2D eigenvalue weighted by Crippen LogP contribution is 2.27. The maximum atomic E-state index is 5.97. The molecule has 0 amide bonds. The van der Waals surface area contributed by atoms with Gasteiger partial charge in [0.1, 0.15) is 11.3 Å². The number of hydrogen-bond acceptors (Lipinski definition) is 5. The second-order valence-corrected chi connectivity index (χ2v) is 4.68. The van der Waals surface area contributed by atoms with Gasteiger partial charge in [-0.3, -0.25) is 0 Å². The molecule has 5 heteroatoms. The van der Waals surface area contributed by atoms with Crippen molar-refractivity contribution in [2.24, 2.45) is 5.73 Å². The van der Waals surface area contributed by atoms with Gasteiger partial charge in [-0.1, -0.05) is 13.0 Å². The molecule has 0 aliphatic rings. The molecule has 2 aromatic rings. The molecule has 0 bridgehead atoms. The van der Waals surface area contributed by atoms with Gasteiger partial charge in [0.15, 0.2) is 0 Å². The zero-order valence-electron chi connectivity index (χ0n) is 9.67. The Balaban J connectivity index is 2.15. The molecular formula is C12H15N3OS. The van der Waals surface area contributed by atoms with Crippen molar-refractivity contribution in [1.82, 2.24) is 9.97 Å². The molecule has 0 saturated carbocycles. The summed E-state index contributed by atoms with van der Waals surface area (Å²) in [5.74, 6) is 0. The van der Waals surface area contributed by atoms with Gasteiger partial charge in [0, 0.05) is 12.2 Å². The summed E-state index contributed by atoms with van der Waals surface area (Å²) in [7, 11) is 0. The first-order valence-corrected chi connectivity index (χ1v) is 6.38. The lowest BCUT2D eigenvalue weighted by molar-refractivity contribution is 0.453. The average molecular weight is 249 g/mol. The Labute approximate surface area is 105 Å². The van der Waals surface area contributed by atoms with Crippen LogP contribution in [0, 0.1) is 0 Å². The van der Waals surface area contributed by atoms with Crippen molar-refractivity contribution in [3.05, 3.63) is 36.4 Å². The summed E-state index contributed by atoms with van der Waals surface area (Å²) in [4.78, 5) is 8.43. The predicted octanol–water partition coefficient (Wildman–Crippen LogP) is 2.50. The van der Waals surface area contributed by atoms with Crippen LogP contribution in [0.4, 0.5) is 0 Å². The molecule has 90 valence electrons. The molecule has 0 radical (unpaired) electrons. The normalized spacial score (nSPS) is 12.6. The summed E-state index contributed by atoms with van der Waals surface area (Å²) in [6, 6.07) is 4.15. The average Bonchev–Trinajstić information content (AvgIpc) is 2.84. The largest absolute Gasteiger partial charge is 0.440 e. The van der Waals surface area contributed by atoms with Crippen LogP contribution in [0.1, 0.15) is 18.9 Å². The van der Waals surface area contributed by atoms with E-state index in [-0.39, 0.29) is 6.04 Å². The number of rotatable bonds is 5. The lowest BCUT2D eigenvalue weighted by Gasteiger charge is -2.10. The summed E-state index contributed by atoms with van der Waals surface area (Å²) in [6.45, 7) is 2.09. The van der Waals surface area contributed by atoms with Crippen LogP contribution in [0.2, 0.25) is 0 Å². The van der Waals surface area contributed by atoms with Crippen LogP contribution in [0.15, 0.2) is 45.5 Å². The Morgan fingerprint density at radius 2 is 2.29 bits per heavy atom. The maximum absolute atomic E-state index is 5.97. The molecule has 2 rings (SSSR count). The van der Waals surface area contributed by atoms with Gasteiger partial charge in [0.05, 0.1) is 6.20 Å². The van der Waals surface area contributed by atoms with Crippen molar-refractivity contribution in [3.8, 4) is 0 Å². The van der Waals surface area contributed by atoms with E-state index in [0.29, 0.717) is 5.22 Å². The van der Waals surface area contributed by atoms with Crippen LogP contribution in [0.3, 0.4) is 0 Å². The molecule has 0 aliphatic heterocycles. The van der Waals surface area contributed by atoms with Gasteiger partial charge in [-0.2, -0.15) is 0 Å². The van der Waals surface area contributed by atoms with Gasteiger partial charge in [-0.05, 0) is 36.2 Å². The van der Waals surface area contributed by atoms with Gasteiger partial charge in [-0.15, -0.1) is 0 Å². The number of hydrogen-bond donors (Lipinski definition) is 1. The lowest BCUT2D eigenvalue weighted by Crippen LogP contribution is -2.21. The Bertz CT molecular complexity index is 459. The molecule has 1 atom stereocenters. The van der Waals surface area contributed by atoms with Crippen LogP contribution in [-0.4, -0.2) is 16.0 Å². The second kappa shape index (κ2) is 5.84. The van der Waals surface area contributed by atoms with Crippen molar-refractivity contribution in [2.45, 2.75) is 36.1 Å². The maximum Gasteiger partial charge on any atom is 0.261 e. The Morgan fingerprint density at radius 3 is 3.00 bits per heavy atom. The fraction of sp³-hybridized carbons (Fsp3) is 0.333. The lowest BCUT2D eigenvalue weighted by atomic mass is 10.1. The smallest absolute Gasteiger partial charge is 0.261 e. The van der Waals surface area contributed by atoms with E-state index in [4.69, 9.17) is 10.2 Å². The number of oxazole rings is 1. The van der Waals surface area contributed by atoms with Crippen molar-refractivity contribution in [1.29, 1.82) is 0 Å². The molecule has 0 saturated heterocycles. The van der Waals surface area contributed by atoms with E-state index in [1.165, 1.54) is 11.8 Å². The van der Waals surface area contributed by atoms with Gasteiger partial charge in [-0.25, -0.2) is 9.97 Å². The van der Waals surface area contributed by atoms with E-state index in [0.717, 1.165) is 23.4 Å². The Kier molecular flexibility index (Phi) is 4.17. The first kappa shape index (κ1) is 12.1. The highest BCUT2D eigenvalue weighted by molar-refractivity contribution is 7.99. The van der Waals surface area contributed by atoms with Gasteiger partial charge in [0.2, 0.25) is 0 Å². The molecule has 0 aliphatic carbocycles. The van der Waals surface area contributed by atoms with Crippen LogP contribution >= 0.6 is 11.8 Å². The van der Waals surface area contributed by atoms with Gasteiger partial charge in [0.25, 0.3) is 5.22 Å². The fourth-order valence-electron chi connectivity index (χ4n) is 1.44. The molecule has 2 aromatic heterocycles. The number of aromatic nitrogens is 2. The Hall–Kier alpha value is -1.33. The Morgan fingerprint density at radius 1 is 1.41 bits per heavy atom. The highest BCUT2D eigenvalue weighted by atomic mass is 32.2. The van der Waals surface area contributed by atoms with E-state index >= 15 is 0 Å². The summed E-state index contributed by atoms with van der Waals surface area (Å²) < 4.78 is 5.20. The van der Waals surface area contributed by atoms with Crippen molar-refractivity contribution in [3.63, 3.8) is 0 Å². The second-order valence-electron chi connectivity index (χ2n) is 3.74. The standard InChI is InChI=1S/C12H15N3OS/c1-2-10(13)8-9-4-3-5-14-11(9)17-12-15-6-7-16-12/h3-7,10H,2,8,13H2,1H3. The molecular weight excluding hydrogens is 234 g/mol. The quantitative estimate of drug-likeness (QED) is 0.882. The van der Waals surface area contributed by atoms with E-state index in [9.17, 15) is 0 Å². The molecule has 2 N–H and O–H groups in total. The van der Waals surface area contributed by atoms with E-state index in [2.05, 4.69) is 16.9 Å². The third kappa shape index (κ3) is 3.31. The monoisotopic (exact) mass is 249 g/mol. The molecule has 0 spiro atoms. The van der Waals surface area contributed by atoms with Crippen molar-refractivity contribution in [2.75, 3.05) is 0 Å². The summed E-state index contributed by atoms with van der Waals surface area (Å²) in [5.41, 5.74) is 7.11. The predicted molar refractivity (Wildman–Crippen MR) is 66.8 cm³/mol. The molecule has 1 unspecified atom stereocenters. The highest BCUT2D eigenvalue weighted by Gasteiger charge is 2.10. The van der Waals surface area contributed by atoms with Crippen molar-refractivity contribution >= 4 is 11.8 Å². The summed E-state index contributed by atoms with van der Waals surface area (Å²) in [5, 5.41) is 1.52. The molecule has 0 fully saturated rings. The van der Waals surface area contributed by atoms with Crippen LogP contribution in [0.25, 0.3) is 0 Å². The minimum Gasteiger partial charge on any atom is -0.440 e. The first-order chi connectivity index (χ1) is 8.29. The number of pyridine rings is 1. The van der Waals surface area contributed by atoms with Gasteiger partial charge >= 0.3 is 0 Å². The fourth-order valence-corrected chi connectivity index (χ4v) is 2.22. The third-order valence-corrected chi connectivity index (χ3v) is 3.39. The van der Waals surface area contributed by atoms with Crippen LogP contribution in [0.5, 0.6) is 0 Å². The minimum atomic E-state index is 0.170. The zero-order valence-corrected chi connectivity index (χ0v) is 10.5. The van der Waals surface area contributed by atoms with Gasteiger partial charge < -0.3 is 10.2 Å². The number of nitrogens with zero attached hydrogens (tertiary/aromatic N) is 2. The molecule has 0 aromatic carbocycles. The topological polar surface area (TPSA) is 64.9 Å². The third-order valence-electron chi connectivity index (χ3n) is 2.45. The zero-order chi connectivity index (χ0) is 12.1. The first-order valence-electron chi connectivity index (χ1n) is 5.56. The molecule has 4 nitrogen and oxygen atoms in total. The molecule has 17 heavy (non-hydrogen) atoms. The number of nitrogens with two attached hydrogens (primary N) is 1. The van der Waals surface area contributed by atoms with E-state index in [1.54, 1.807) is 18.7 Å². The van der Waals surface area contributed by atoms with Crippen molar-refractivity contribution < 1.29 is 4.42 Å². The molecule has 2 heterocycles. The van der Waals surface area contributed by atoms with Crippen LogP contribution in [-0.2, 0) is 6.42 Å². The van der Waals surface area contributed by atoms with E-state index < -0.39 is 0 Å². The summed E-state index contributed by atoms with van der Waals surface area (Å²) in [6.07, 6.45) is 6.74. The van der Waals surface area contributed by atoms with Crippen LogP contribution < -0.4 is 5.73 Å². The van der Waals surface area contributed by atoms with E-state index in [1.807, 2.05) is 12.1 Å². The summed E-state index contributed by atoms with van der Waals surface area (Å²) >= 11 is 1.43.